The third-order valence-electron chi connectivity index (χ3n) is 4.57. The summed E-state index contributed by atoms with van der Waals surface area (Å²) in [4.78, 5) is 14.7. The van der Waals surface area contributed by atoms with E-state index >= 15 is 0 Å². The molecule has 0 spiro atoms. The first kappa shape index (κ1) is 18.0. The molecule has 1 aliphatic heterocycles. The molecule has 0 aliphatic carbocycles. The van der Waals surface area contributed by atoms with Crippen LogP contribution in [0.2, 0.25) is 0 Å². The molecule has 5 rings (SSSR count). The van der Waals surface area contributed by atoms with Gasteiger partial charge in [0.15, 0.2) is 17.2 Å². The van der Waals surface area contributed by atoms with Gasteiger partial charge in [0.1, 0.15) is 5.69 Å². The number of fused-ring (bicyclic) bond motifs is 2. The minimum atomic E-state index is -0.413. The van der Waals surface area contributed by atoms with E-state index in [0.717, 1.165) is 32.4 Å². The van der Waals surface area contributed by atoms with Crippen LogP contribution in [-0.4, -0.2) is 30.8 Å². The molecule has 3 aromatic heterocycles. The quantitative estimate of drug-likeness (QED) is 0.488. The van der Waals surface area contributed by atoms with Gasteiger partial charge < -0.3 is 4.74 Å². The second kappa shape index (κ2) is 7.42. The van der Waals surface area contributed by atoms with E-state index in [4.69, 9.17) is 19.8 Å². The van der Waals surface area contributed by atoms with Crippen molar-refractivity contribution < 1.29 is 4.74 Å². The summed E-state index contributed by atoms with van der Waals surface area (Å²) >= 11 is 1.56. The second-order valence-electron chi connectivity index (χ2n) is 7.02. The summed E-state index contributed by atoms with van der Waals surface area (Å²) in [5, 5.41) is 5.50. The van der Waals surface area contributed by atoms with Gasteiger partial charge in [0, 0.05) is 34.6 Å². The predicted octanol–water partition coefficient (Wildman–Crippen LogP) is 4.84. The lowest BCUT2D eigenvalue weighted by Crippen LogP contribution is -2.24. The number of hydrogen-bond donors (Lipinski definition) is 0. The SMILES string of the molecule is CC(C)O[C@@H]1c2ncc(-c3ccccc3)cc2Sc2nc(-c3cccnc3)nn21. The molecule has 0 saturated carbocycles. The van der Waals surface area contributed by atoms with Gasteiger partial charge in [0.2, 0.25) is 0 Å². The molecule has 29 heavy (non-hydrogen) atoms. The Balaban J connectivity index is 1.59. The molecule has 4 heterocycles. The van der Waals surface area contributed by atoms with Crippen LogP contribution in [0.15, 0.2) is 77.2 Å². The number of hydrogen-bond acceptors (Lipinski definition) is 6. The normalized spacial score (nSPS) is 15.2. The van der Waals surface area contributed by atoms with Crippen LogP contribution in [-0.2, 0) is 4.74 Å². The minimum absolute atomic E-state index is 0.0189. The van der Waals surface area contributed by atoms with Crippen LogP contribution < -0.4 is 0 Å². The lowest BCUT2D eigenvalue weighted by molar-refractivity contribution is -0.0284. The van der Waals surface area contributed by atoms with Crippen molar-refractivity contribution in [3.05, 3.63) is 72.8 Å². The molecule has 6 nitrogen and oxygen atoms in total. The van der Waals surface area contributed by atoms with Gasteiger partial charge in [-0.05, 0) is 49.4 Å². The minimum Gasteiger partial charge on any atom is -0.348 e. The molecule has 4 aromatic rings. The maximum absolute atomic E-state index is 6.21. The van der Waals surface area contributed by atoms with Gasteiger partial charge in [0.05, 0.1) is 6.10 Å². The monoisotopic (exact) mass is 401 g/mol. The molecule has 1 atom stereocenters. The van der Waals surface area contributed by atoms with Gasteiger partial charge in [-0.1, -0.05) is 30.3 Å². The van der Waals surface area contributed by atoms with Crippen LogP contribution in [0.25, 0.3) is 22.5 Å². The van der Waals surface area contributed by atoms with Crippen LogP contribution >= 0.6 is 11.8 Å². The van der Waals surface area contributed by atoms with Crippen LogP contribution in [0.1, 0.15) is 25.8 Å². The van der Waals surface area contributed by atoms with Crippen molar-refractivity contribution in [2.75, 3.05) is 0 Å². The summed E-state index contributed by atoms with van der Waals surface area (Å²) in [7, 11) is 0. The average Bonchev–Trinajstić information content (AvgIpc) is 3.18. The Morgan fingerprint density at radius 3 is 2.59 bits per heavy atom. The fraction of sp³-hybridized carbons (Fsp3) is 0.182. The number of rotatable bonds is 4. The van der Waals surface area contributed by atoms with Crippen molar-refractivity contribution in [3.63, 3.8) is 0 Å². The lowest BCUT2D eigenvalue weighted by Gasteiger charge is -2.26. The number of aromatic nitrogens is 5. The summed E-state index contributed by atoms with van der Waals surface area (Å²) in [5.74, 6) is 0.633. The van der Waals surface area contributed by atoms with Crippen LogP contribution in [0.4, 0.5) is 0 Å². The average molecular weight is 401 g/mol. The van der Waals surface area contributed by atoms with E-state index in [9.17, 15) is 0 Å². The third kappa shape index (κ3) is 3.43. The molecule has 144 valence electrons. The van der Waals surface area contributed by atoms with Crippen molar-refractivity contribution in [2.24, 2.45) is 0 Å². The fourth-order valence-corrected chi connectivity index (χ4v) is 4.26. The van der Waals surface area contributed by atoms with Gasteiger partial charge in [-0.15, -0.1) is 5.10 Å². The zero-order valence-electron chi connectivity index (χ0n) is 16.1. The van der Waals surface area contributed by atoms with E-state index in [-0.39, 0.29) is 6.10 Å². The van der Waals surface area contributed by atoms with Crippen molar-refractivity contribution in [1.82, 2.24) is 24.7 Å². The van der Waals surface area contributed by atoms with Gasteiger partial charge in [-0.3, -0.25) is 9.97 Å². The standard InChI is InChI=1S/C22H19N5OS/c1-14(2)28-21-19-18(11-17(13-24-19)15-7-4-3-5-8-15)29-22-25-20(26-27(21)22)16-9-6-10-23-12-16/h3-14,21H,1-2H3/t21-/m1/s1. The predicted molar refractivity (Wildman–Crippen MR) is 111 cm³/mol. The van der Waals surface area contributed by atoms with E-state index in [0.29, 0.717) is 5.82 Å². The summed E-state index contributed by atoms with van der Waals surface area (Å²) in [5.41, 5.74) is 3.94. The molecule has 0 fully saturated rings. The molecule has 0 amide bonds. The summed E-state index contributed by atoms with van der Waals surface area (Å²) in [6, 6.07) is 16.2. The highest BCUT2D eigenvalue weighted by Crippen LogP contribution is 2.42. The second-order valence-corrected chi connectivity index (χ2v) is 8.03. The molecule has 0 bridgehead atoms. The van der Waals surface area contributed by atoms with Crippen LogP contribution in [0, 0.1) is 0 Å². The first-order valence-electron chi connectivity index (χ1n) is 9.44. The van der Waals surface area contributed by atoms with Gasteiger partial charge >= 0.3 is 0 Å². The van der Waals surface area contributed by atoms with E-state index < -0.39 is 6.23 Å². The zero-order valence-corrected chi connectivity index (χ0v) is 16.9. The Morgan fingerprint density at radius 2 is 1.83 bits per heavy atom. The lowest BCUT2D eigenvalue weighted by atomic mass is 10.1. The summed E-state index contributed by atoms with van der Waals surface area (Å²) in [6.45, 7) is 4.02. The topological polar surface area (TPSA) is 65.7 Å². The molecule has 1 aliphatic rings. The third-order valence-corrected chi connectivity index (χ3v) is 5.57. The Bertz CT molecular complexity index is 1140. The Morgan fingerprint density at radius 1 is 1.00 bits per heavy atom. The van der Waals surface area contributed by atoms with Crippen molar-refractivity contribution >= 4 is 11.8 Å². The first-order chi connectivity index (χ1) is 14.2. The van der Waals surface area contributed by atoms with E-state index in [1.54, 1.807) is 24.2 Å². The van der Waals surface area contributed by atoms with Gasteiger partial charge in [0.25, 0.3) is 0 Å². The first-order valence-corrected chi connectivity index (χ1v) is 10.3. The molecule has 0 radical (unpaired) electrons. The van der Waals surface area contributed by atoms with Crippen LogP contribution in [0.5, 0.6) is 0 Å². The number of pyridine rings is 2. The molecular weight excluding hydrogens is 382 g/mol. The Kier molecular flexibility index (Phi) is 4.61. The number of benzene rings is 1. The van der Waals surface area contributed by atoms with Crippen LogP contribution in [0.3, 0.4) is 0 Å². The molecule has 7 heteroatoms. The van der Waals surface area contributed by atoms with Crippen molar-refractivity contribution in [3.8, 4) is 22.5 Å². The molecule has 1 aromatic carbocycles. The number of ether oxygens (including phenoxy) is 1. The Labute approximate surface area is 173 Å². The largest absolute Gasteiger partial charge is 0.348 e. The van der Waals surface area contributed by atoms with E-state index in [2.05, 4.69) is 23.2 Å². The smallest absolute Gasteiger partial charge is 0.197 e. The molecule has 0 unspecified atom stereocenters. The fourth-order valence-electron chi connectivity index (χ4n) is 3.25. The van der Waals surface area contributed by atoms with Gasteiger partial charge in [-0.25, -0.2) is 9.67 Å². The molecular formula is C22H19N5OS. The van der Waals surface area contributed by atoms with Crippen molar-refractivity contribution in [1.29, 1.82) is 0 Å². The maximum atomic E-state index is 6.21. The zero-order chi connectivity index (χ0) is 19.8. The van der Waals surface area contributed by atoms with E-state index in [1.165, 1.54) is 0 Å². The highest BCUT2D eigenvalue weighted by Gasteiger charge is 2.32. The Hall–Kier alpha value is -3.03. The maximum Gasteiger partial charge on any atom is 0.197 e. The highest BCUT2D eigenvalue weighted by molar-refractivity contribution is 7.99. The number of nitrogens with zero attached hydrogens (tertiary/aromatic N) is 5. The molecule has 0 saturated heterocycles. The molecule has 0 N–H and O–H groups in total. The van der Waals surface area contributed by atoms with Gasteiger partial charge in [-0.2, -0.15) is 0 Å². The highest BCUT2D eigenvalue weighted by atomic mass is 32.2. The van der Waals surface area contributed by atoms with Crippen molar-refractivity contribution in [2.45, 2.75) is 36.2 Å². The summed E-state index contributed by atoms with van der Waals surface area (Å²) in [6.07, 6.45) is 5.01. The summed E-state index contributed by atoms with van der Waals surface area (Å²) < 4.78 is 8.03. The van der Waals surface area contributed by atoms with E-state index in [1.807, 2.05) is 55.1 Å².